The minimum absolute atomic E-state index is 0.185. The lowest BCUT2D eigenvalue weighted by molar-refractivity contribution is -0.112. The van der Waals surface area contributed by atoms with Crippen molar-refractivity contribution in [3.05, 3.63) is 0 Å². The van der Waals surface area contributed by atoms with E-state index in [0.717, 1.165) is 12.8 Å². The van der Waals surface area contributed by atoms with Crippen LogP contribution in [0.3, 0.4) is 0 Å². The first kappa shape index (κ1) is 6.75. The monoisotopic (exact) mass is 127 g/mol. The second-order valence-electron chi connectivity index (χ2n) is 2.87. The molecule has 0 N–H and O–H groups in total. The second kappa shape index (κ2) is 2.48. The van der Waals surface area contributed by atoms with Crippen LogP contribution in [-0.4, -0.2) is 30.8 Å². The van der Waals surface area contributed by atoms with Gasteiger partial charge in [-0.25, -0.2) is 0 Å². The first-order valence-electron chi connectivity index (χ1n) is 3.41. The van der Waals surface area contributed by atoms with Crippen LogP contribution in [0.4, 0.5) is 0 Å². The minimum atomic E-state index is 0.185. The van der Waals surface area contributed by atoms with Gasteiger partial charge in [-0.05, 0) is 25.9 Å². The molecular formula is C7H13NO. The van der Waals surface area contributed by atoms with Gasteiger partial charge in [0.25, 0.3) is 0 Å². The van der Waals surface area contributed by atoms with E-state index in [9.17, 15) is 4.79 Å². The number of aldehydes is 1. The third-order valence-corrected chi connectivity index (χ3v) is 2.17. The van der Waals surface area contributed by atoms with Gasteiger partial charge in [-0.3, -0.25) is 4.90 Å². The van der Waals surface area contributed by atoms with Gasteiger partial charge < -0.3 is 4.79 Å². The molecule has 1 saturated heterocycles. The molecule has 0 aromatic heterocycles. The Morgan fingerprint density at radius 1 is 1.67 bits per heavy atom. The van der Waals surface area contributed by atoms with Crippen LogP contribution in [0.1, 0.15) is 13.3 Å². The Balaban J connectivity index is 2.54. The summed E-state index contributed by atoms with van der Waals surface area (Å²) in [5.74, 6) is 0.562. The van der Waals surface area contributed by atoms with Crippen molar-refractivity contribution in [1.82, 2.24) is 4.90 Å². The molecule has 52 valence electrons. The molecule has 0 spiro atoms. The zero-order chi connectivity index (χ0) is 6.85. The van der Waals surface area contributed by atoms with Crippen LogP contribution in [0.2, 0.25) is 0 Å². The second-order valence-corrected chi connectivity index (χ2v) is 2.87. The van der Waals surface area contributed by atoms with Crippen LogP contribution in [0, 0.1) is 5.92 Å². The summed E-state index contributed by atoms with van der Waals surface area (Å²) < 4.78 is 0. The van der Waals surface area contributed by atoms with Crippen LogP contribution in [0.5, 0.6) is 0 Å². The van der Waals surface area contributed by atoms with E-state index < -0.39 is 0 Å². The van der Waals surface area contributed by atoms with Crippen molar-refractivity contribution in [3.63, 3.8) is 0 Å². The highest BCUT2D eigenvalue weighted by atomic mass is 16.1. The number of rotatable bonds is 1. The highest BCUT2D eigenvalue weighted by Gasteiger charge is 2.27. The molecule has 1 aliphatic rings. The van der Waals surface area contributed by atoms with Gasteiger partial charge in [0.2, 0.25) is 0 Å². The Morgan fingerprint density at radius 3 is 2.56 bits per heavy atom. The maximum atomic E-state index is 10.4. The number of likely N-dealkylation sites (tertiary alicyclic amines) is 1. The molecule has 2 atom stereocenters. The van der Waals surface area contributed by atoms with E-state index in [4.69, 9.17) is 0 Å². The summed E-state index contributed by atoms with van der Waals surface area (Å²) in [6.45, 7) is 3.20. The summed E-state index contributed by atoms with van der Waals surface area (Å²) in [5.41, 5.74) is 0. The molecule has 9 heavy (non-hydrogen) atoms. The highest BCUT2D eigenvalue weighted by molar-refractivity contribution is 5.58. The predicted octanol–water partition coefficient (Wildman–Crippen LogP) is 0.526. The molecule has 2 nitrogen and oxygen atoms in total. The standard InChI is InChI=1S/C7H13NO/c1-6-3-4-8(2)7(6)5-9/h5-7H,3-4H2,1-2H3/t6-,7-/m1/s1. The number of hydrogen-bond acceptors (Lipinski definition) is 2. The van der Waals surface area contributed by atoms with E-state index in [1.165, 1.54) is 6.42 Å². The van der Waals surface area contributed by atoms with Crippen molar-refractivity contribution in [2.24, 2.45) is 5.92 Å². The number of carbonyl (C=O) groups excluding carboxylic acids is 1. The lowest BCUT2D eigenvalue weighted by Crippen LogP contribution is -2.29. The molecule has 0 amide bonds. The minimum Gasteiger partial charge on any atom is -0.302 e. The number of hydrogen-bond donors (Lipinski definition) is 0. The van der Waals surface area contributed by atoms with E-state index in [1.54, 1.807) is 0 Å². The van der Waals surface area contributed by atoms with Crippen molar-refractivity contribution >= 4 is 6.29 Å². The van der Waals surface area contributed by atoms with Crippen molar-refractivity contribution in [3.8, 4) is 0 Å². The predicted molar refractivity (Wildman–Crippen MR) is 36.3 cm³/mol. The fraction of sp³-hybridized carbons (Fsp3) is 0.857. The molecule has 1 fully saturated rings. The molecule has 0 unspecified atom stereocenters. The van der Waals surface area contributed by atoms with Crippen molar-refractivity contribution in [1.29, 1.82) is 0 Å². The lowest BCUT2D eigenvalue weighted by Gasteiger charge is -2.14. The Kier molecular flexibility index (Phi) is 1.86. The maximum Gasteiger partial charge on any atom is 0.137 e. The van der Waals surface area contributed by atoms with Gasteiger partial charge in [0.1, 0.15) is 6.29 Å². The number of likely N-dealkylation sites (N-methyl/N-ethyl adjacent to an activating group) is 1. The van der Waals surface area contributed by atoms with Crippen LogP contribution in [-0.2, 0) is 4.79 Å². The topological polar surface area (TPSA) is 20.3 Å². The van der Waals surface area contributed by atoms with E-state index >= 15 is 0 Å². The molecule has 0 radical (unpaired) electrons. The van der Waals surface area contributed by atoms with Crippen molar-refractivity contribution in [2.45, 2.75) is 19.4 Å². The normalized spacial score (nSPS) is 37.1. The van der Waals surface area contributed by atoms with E-state index in [0.29, 0.717) is 5.92 Å². The quantitative estimate of drug-likeness (QED) is 0.479. The van der Waals surface area contributed by atoms with E-state index in [2.05, 4.69) is 11.8 Å². The average molecular weight is 127 g/mol. The zero-order valence-corrected chi connectivity index (χ0v) is 6.00. The summed E-state index contributed by atoms with van der Waals surface area (Å²) in [6, 6.07) is 0.185. The van der Waals surface area contributed by atoms with Crippen molar-refractivity contribution < 1.29 is 4.79 Å². The molecule has 0 aromatic carbocycles. The summed E-state index contributed by atoms with van der Waals surface area (Å²) in [5, 5.41) is 0. The first-order chi connectivity index (χ1) is 4.25. The largest absolute Gasteiger partial charge is 0.302 e. The fourth-order valence-electron chi connectivity index (χ4n) is 1.40. The van der Waals surface area contributed by atoms with E-state index in [1.807, 2.05) is 7.05 Å². The molecule has 1 heterocycles. The maximum absolute atomic E-state index is 10.4. The Hall–Kier alpha value is -0.370. The number of nitrogens with zero attached hydrogens (tertiary/aromatic N) is 1. The third-order valence-electron chi connectivity index (χ3n) is 2.17. The Labute approximate surface area is 55.8 Å². The molecule has 1 aliphatic heterocycles. The van der Waals surface area contributed by atoms with Crippen LogP contribution >= 0.6 is 0 Å². The Bertz CT molecular complexity index is 103. The van der Waals surface area contributed by atoms with Gasteiger partial charge in [-0.2, -0.15) is 0 Å². The third kappa shape index (κ3) is 1.13. The molecule has 1 rings (SSSR count). The molecule has 0 bridgehead atoms. The van der Waals surface area contributed by atoms with Gasteiger partial charge in [-0.1, -0.05) is 6.92 Å². The SMILES string of the molecule is C[C@@H]1CCN(C)[C@@H]1C=O. The molecular weight excluding hydrogens is 114 g/mol. The average Bonchev–Trinajstić information content (AvgIpc) is 2.12. The molecule has 0 aromatic rings. The van der Waals surface area contributed by atoms with E-state index in [-0.39, 0.29) is 6.04 Å². The summed E-state index contributed by atoms with van der Waals surface area (Å²) in [6.07, 6.45) is 2.22. The molecule has 0 aliphatic carbocycles. The summed E-state index contributed by atoms with van der Waals surface area (Å²) >= 11 is 0. The molecule has 0 saturated carbocycles. The molecule has 2 heteroatoms. The first-order valence-corrected chi connectivity index (χ1v) is 3.41. The fourth-order valence-corrected chi connectivity index (χ4v) is 1.40. The summed E-state index contributed by atoms with van der Waals surface area (Å²) in [7, 11) is 2.00. The van der Waals surface area contributed by atoms with Gasteiger partial charge >= 0.3 is 0 Å². The van der Waals surface area contributed by atoms with Crippen molar-refractivity contribution in [2.75, 3.05) is 13.6 Å². The van der Waals surface area contributed by atoms with Gasteiger partial charge in [-0.15, -0.1) is 0 Å². The number of carbonyl (C=O) groups is 1. The van der Waals surface area contributed by atoms with Crippen LogP contribution in [0.25, 0.3) is 0 Å². The zero-order valence-electron chi connectivity index (χ0n) is 6.00. The van der Waals surface area contributed by atoms with Gasteiger partial charge in [0, 0.05) is 0 Å². The van der Waals surface area contributed by atoms with Gasteiger partial charge in [0.05, 0.1) is 6.04 Å². The highest BCUT2D eigenvalue weighted by Crippen LogP contribution is 2.19. The van der Waals surface area contributed by atoms with Crippen LogP contribution < -0.4 is 0 Å². The summed E-state index contributed by atoms with van der Waals surface area (Å²) in [4.78, 5) is 12.5. The smallest absolute Gasteiger partial charge is 0.137 e. The van der Waals surface area contributed by atoms with Crippen LogP contribution in [0.15, 0.2) is 0 Å². The van der Waals surface area contributed by atoms with Gasteiger partial charge in [0.15, 0.2) is 0 Å². The Morgan fingerprint density at radius 2 is 2.33 bits per heavy atom. The lowest BCUT2D eigenvalue weighted by atomic mass is 10.1.